The zero-order valence-corrected chi connectivity index (χ0v) is 12.6. The molecule has 0 bridgehead atoms. The summed E-state index contributed by atoms with van der Waals surface area (Å²) in [5, 5.41) is 5.25. The van der Waals surface area contributed by atoms with E-state index in [9.17, 15) is 0 Å². The first-order valence-corrected chi connectivity index (χ1v) is 7.92. The molecule has 1 atom stereocenters. The predicted molar refractivity (Wildman–Crippen MR) is 83.4 cm³/mol. The first-order valence-electron chi connectivity index (χ1n) is 6.72. The maximum Gasteiger partial charge on any atom is 0.183 e. The topological polar surface area (TPSA) is 28.2 Å². The van der Waals surface area contributed by atoms with Crippen molar-refractivity contribution in [2.24, 2.45) is 0 Å². The number of benzene rings is 1. The number of hydrogen-bond donors (Lipinski definition) is 1. The molecule has 2 heterocycles. The van der Waals surface area contributed by atoms with E-state index in [1.165, 1.54) is 25.8 Å². The molecule has 0 spiro atoms. The van der Waals surface area contributed by atoms with E-state index >= 15 is 0 Å². The molecule has 0 radical (unpaired) electrons. The molecule has 3 nitrogen and oxygen atoms in total. The van der Waals surface area contributed by atoms with Gasteiger partial charge in [-0.2, -0.15) is 0 Å². The van der Waals surface area contributed by atoms with Gasteiger partial charge in [0.1, 0.15) is 0 Å². The SMILES string of the molecule is CN1CCCCC1CNc1nc2ccc(Cl)cc2s1. The van der Waals surface area contributed by atoms with Crippen LogP contribution in [0.1, 0.15) is 19.3 Å². The molecule has 3 rings (SSSR count). The maximum atomic E-state index is 6.00. The number of rotatable bonds is 3. The van der Waals surface area contributed by atoms with Crippen molar-refractivity contribution < 1.29 is 0 Å². The smallest absolute Gasteiger partial charge is 0.183 e. The zero-order valence-electron chi connectivity index (χ0n) is 11.0. The molecule has 1 saturated heterocycles. The molecule has 19 heavy (non-hydrogen) atoms. The van der Waals surface area contributed by atoms with Crippen molar-refractivity contribution >= 4 is 38.3 Å². The highest BCUT2D eigenvalue weighted by Crippen LogP contribution is 2.28. The molecule has 1 aliphatic rings. The van der Waals surface area contributed by atoms with Crippen LogP contribution in [0, 0.1) is 0 Å². The summed E-state index contributed by atoms with van der Waals surface area (Å²) in [7, 11) is 2.21. The summed E-state index contributed by atoms with van der Waals surface area (Å²) in [6.45, 7) is 2.19. The van der Waals surface area contributed by atoms with Crippen LogP contribution in [0.25, 0.3) is 10.2 Å². The van der Waals surface area contributed by atoms with Gasteiger partial charge in [0, 0.05) is 17.6 Å². The van der Waals surface area contributed by atoms with E-state index in [1.807, 2.05) is 18.2 Å². The molecule has 1 aromatic carbocycles. The van der Waals surface area contributed by atoms with E-state index in [-0.39, 0.29) is 0 Å². The Morgan fingerprint density at radius 3 is 3.21 bits per heavy atom. The normalized spacial score (nSPS) is 20.8. The quantitative estimate of drug-likeness (QED) is 0.932. The average molecular weight is 296 g/mol. The van der Waals surface area contributed by atoms with Crippen molar-refractivity contribution in [3.05, 3.63) is 23.2 Å². The van der Waals surface area contributed by atoms with Crippen molar-refractivity contribution in [1.82, 2.24) is 9.88 Å². The molecule has 1 N–H and O–H groups in total. The third-order valence-corrected chi connectivity index (χ3v) is 4.97. The third kappa shape index (κ3) is 3.02. The van der Waals surface area contributed by atoms with Gasteiger partial charge in [0.2, 0.25) is 0 Å². The fourth-order valence-electron chi connectivity index (χ4n) is 2.58. The molecular formula is C14H18ClN3S. The maximum absolute atomic E-state index is 6.00. The number of aromatic nitrogens is 1. The summed E-state index contributed by atoms with van der Waals surface area (Å²) in [5.41, 5.74) is 1.02. The van der Waals surface area contributed by atoms with Crippen LogP contribution in [0.15, 0.2) is 18.2 Å². The lowest BCUT2D eigenvalue weighted by Gasteiger charge is -2.32. The highest BCUT2D eigenvalue weighted by Gasteiger charge is 2.18. The highest BCUT2D eigenvalue weighted by molar-refractivity contribution is 7.22. The van der Waals surface area contributed by atoms with Crippen LogP contribution in [-0.2, 0) is 0 Å². The van der Waals surface area contributed by atoms with E-state index in [1.54, 1.807) is 11.3 Å². The van der Waals surface area contributed by atoms with E-state index in [0.717, 1.165) is 26.9 Å². The Morgan fingerprint density at radius 1 is 1.47 bits per heavy atom. The Labute approximate surface area is 122 Å². The second-order valence-electron chi connectivity index (χ2n) is 5.14. The van der Waals surface area contributed by atoms with Crippen molar-refractivity contribution in [3.63, 3.8) is 0 Å². The number of piperidine rings is 1. The minimum absolute atomic E-state index is 0.629. The van der Waals surface area contributed by atoms with Crippen LogP contribution in [-0.4, -0.2) is 36.1 Å². The van der Waals surface area contributed by atoms with Gasteiger partial charge in [0.05, 0.1) is 10.2 Å². The molecule has 0 amide bonds. The number of thiazole rings is 1. The van der Waals surface area contributed by atoms with E-state index in [4.69, 9.17) is 11.6 Å². The van der Waals surface area contributed by atoms with Crippen LogP contribution in [0.3, 0.4) is 0 Å². The largest absolute Gasteiger partial charge is 0.360 e. The Hall–Kier alpha value is -0.840. The average Bonchev–Trinajstić information content (AvgIpc) is 2.79. The molecule has 1 aromatic heterocycles. The van der Waals surface area contributed by atoms with Gasteiger partial charge in [-0.05, 0) is 44.6 Å². The molecule has 102 valence electrons. The summed E-state index contributed by atoms with van der Waals surface area (Å²) in [5.74, 6) is 0. The number of likely N-dealkylation sites (tertiary alicyclic amines) is 1. The van der Waals surface area contributed by atoms with Crippen LogP contribution in [0.2, 0.25) is 5.02 Å². The van der Waals surface area contributed by atoms with Crippen molar-refractivity contribution in [2.75, 3.05) is 25.5 Å². The van der Waals surface area contributed by atoms with Crippen LogP contribution in [0.5, 0.6) is 0 Å². The lowest BCUT2D eigenvalue weighted by atomic mass is 10.0. The number of fused-ring (bicyclic) bond motifs is 1. The van der Waals surface area contributed by atoms with Gasteiger partial charge in [-0.25, -0.2) is 4.98 Å². The van der Waals surface area contributed by atoms with Crippen LogP contribution in [0.4, 0.5) is 5.13 Å². The number of nitrogens with one attached hydrogen (secondary N) is 1. The second kappa shape index (κ2) is 5.65. The van der Waals surface area contributed by atoms with Gasteiger partial charge < -0.3 is 10.2 Å². The number of hydrogen-bond acceptors (Lipinski definition) is 4. The fraction of sp³-hybridized carbons (Fsp3) is 0.500. The Morgan fingerprint density at radius 2 is 2.37 bits per heavy atom. The molecule has 0 aliphatic carbocycles. The van der Waals surface area contributed by atoms with Gasteiger partial charge in [0.15, 0.2) is 5.13 Å². The molecular weight excluding hydrogens is 278 g/mol. The standard InChI is InChI=1S/C14H18ClN3S/c1-18-7-3-2-4-11(18)9-16-14-17-12-6-5-10(15)8-13(12)19-14/h5-6,8,11H,2-4,7,9H2,1H3,(H,16,17). The molecule has 1 unspecified atom stereocenters. The molecule has 1 aliphatic heterocycles. The number of likely N-dealkylation sites (N-methyl/N-ethyl adjacent to an activating group) is 1. The monoisotopic (exact) mass is 295 g/mol. The predicted octanol–water partition coefficient (Wildman–Crippen LogP) is 3.85. The molecule has 1 fully saturated rings. The summed E-state index contributed by atoms with van der Waals surface area (Å²) >= 11 is 7.67. The molecule has 5 heteroatoms. The van der Waals surface area contributed by atoms with Gasteiger partial charge in [-0.15, -0.1) is 0 Å². The lowest BCUT2D eigenvalue weighted by Crippen LogP contribution is -2.40. The second-order valence-corrected chi connectivity index (χ2v) is 6.61. The first kappa shape index (κ1) is 13.2. The minimum atomic E-state index is 0.629. The Bertz CT molecular complexity index is 569. The fourth-order valence-corrected chi connectivity index (χ4v) is 3.73. The number of anilines is 1. The Kier molecular flexibility index (Phi) is 3.91. The summed E-state index contributed by atoms with van der Waals surface area (Å²) in [4.78, 5) is 7.04. The summed E-state index contributed by atoms with van der Waals surface area (Å²) in [6.07, 6.45) is 3.94. The Balaban J connectivity index is 1.68. The number of nitrogens with zero attached hydrogens (tertiary/aromatic N) is 2. The van der Waals surface area contributed by atoms with E-state index in [0.29, 0.717) is 6.04 Å². The molecule has 2 aromatic rings. The lowest BCUT2D eigenvalue weighted by molar-refractivity contribution is 0.194. The minimum Gasteiger partial charge on any atom is -0.360 e. The third-order valence-electron chi connectivity index (χ3n) is 3.76. The van der Waals surface area contributed by atoms with Crippen LogP contribution >= 0.6 is 22.9 Å². The number of halogens is 1. The van der Waals surface area contributed by atoms with Crippen LogP contribution < -0.4 is 5.32 Å². The van der Waals surface area contributed by atoms with Crippen molar-refractivity contribution in [3.8, 4) is 0 Å². The van der Waals surface area contributed by atoms with Crippen molar-refractivity contribution in [2.45, 2.75) is 25.3 Å². The van der Waals surface area contributed by atoms with Gasteiger partial charge in [0.25, 0.3) is 0 Å². The van der Waals surface area contributed by atoms with Crippen molar-refractivity contribution in [1.29, 1.82) is 0 Å². The van der Waals surface area contributed by atoms with Gasteiger partial charge >= 0.3 is 0 Å². The molecule has 0 saturated carbocycles. The summed E-state index contributed by atoms with van der Waals surface area (Å²) < 4.78 is 1.15. The van der Waals surface area contributed by atoms with Gasteiger partial charge in [-0.3, -0.25) is 0 Å². The first-order chi connectivity index (χ1) is 9.22. The highest BCUT2D eigenvalue weighted by atomic mass is 35.5. The zero-order chi connectivity index (χ0) is 13.2. The van der Waals surface area contributed by atoms with E-state index in [2.05, 4.69) is 22.2 Å². The van der Waals surface area contributed by atoms with Gasteiger partial charge in [-0.1, -0.05) is 29.4 Å². The summed E-state index contributed by atoms with van der Waals surface area (Å²) in [6, 6.07) is 6.48. The van der Waals surface area contributed by atoms with E-state index < -0.39 is 0 Å².